The van der Waals surface area contributed by atoms with Crippen LogP contribution in [0.4, 0.5) is 0 Å². The first-order valence-corrected chi connectivity index (χ1v) is 9.09. The van der Waals surface area contributed by atoms with Crippen molar-refractivity contribution >= 4 is 11.6 Å². The van der Waals surface area contributed by atoms with Gasteiger partial charge in [-0.1, -0.05) is 12.5 Å². The maximum absolute atomic E-state index is 13.1. The van der Waals surface area contributed by atoms with Crippen molar-refractivity contribution in [1.82, 2.24) is 14.3 Å². The fourth-order valence-electron chi connectivity index (χ4n) is 3.61. The minimum absolute atomic E-state index is 0.0835. The zero-order valence-corrected chi connectivity index (χ0v) is 14.3. The van der Waals surface area contributed by atoms with Crippen LogP contribution in [-0.2, 0) is 4.74 Å². The van der Waals surface area contributed by atoms with Gasteiger partial charge in [0.2, 0.25) is 0 Å². The van der Waals surface area contributed by atoms with E-state index in [4.69, 9.17) is 4.74 Å². The molecule has 3 heterocycles. The molecule has 2 aromatic rings. The van der Waals surface area contributed by atoms with Crippen molar-refractivity contribution in [2.45, 2.75) is 38.2 Å². The van der Waals surface area contributed by atoms with Crippen molar-refractivity contribution in [3.8, 4) is 0 Å². The third-order valence-electron chi connectivity index (χ3n) is 5.28. The molecule has 0 spiro atoms. The van der Waals surface area contributed by atoms with Crippen molar-refractivity contribution in [3.05, 3.63) is 46.5 Å². The third kappa shape index (κ3) is 3.31. The predicted molar refractivity (Wildman–Crippen MR) is 93.7 cm³/mol. The number of fused-ring (bicyclic) bond motifs is 1. The minimum Gasteiger partial charge on any atom is -0.376 e. The Kier molecular flexibility index (Phi) is 4.53. The summed E-state index contributed by atoms with van der Waals surface area (Å²) in [6, 6.07) is 5.35. The molecule has 2 fully saturated rings. The molecule has 6 nitrogen and oxygen atoms in total. The van der Waals surface area contributed by atoms with Crippen molar-refractivity contribution in [1.29, 1.82) is 0 Å². The van der Waals surface area contributed by atoms with Crippen molar-refractivity contribution in [2.24, 2.45) is 5.92 Å². The average molecular weight is 341 g/mol. The van der Waals surface area contributed by atoms with E-state index < -0.39 is 0 Å². The maximum atomic E-state index is 13.1. The lowest BCUT2D eigenvalue weighted by molar-refractivity contribution is 0.0446. The van der Waals surface area contributed by atoms with Gasteiger partial charge in [0.1, 0.15) is 11.2 Å². The molecule has 6 heteroatoms. The highest BCUT2D eigenvalue weighted by molar-refractivity contribution is 5.93. The highest BCUT2D eigenvalue weighted by Gasteiger charge is 2.29. The Morgan fingerprint density at radius 2 is 2.12 bits per heavy atom. The summed E-state index contributed by atoms with van der Waals surface area (Å²) in [6.45, 7) is 2.03. The summed E-state index contributed by atoms with van der Waals surface area (Å²) in [7, 11) is 0. The minimum atomic E-state index is -0.304. The lowest BCUT2D eigenvalue weighted by atomic mass is 9.85. The average Bonchev–Trinajstić information content (AvgIpc) is 3.10. The molecule has 0 bridgehead atoms. The number of nitrogens with zero attached hydrogens (tertiary/aromatic N) is 3. The number of rotatable bonds is 5. The van der Waals surface area contributed by atoms with Gasteiger partial charge in [-0.2, -0.15) is 0 Å². The molecule has 1 saturated carbocycles. The largest absolute Gasteiger partial charge is 0.376 e. The molecule has 25 heavy (non-hydrogen) atoms. The number of hydrogen-bond donors (Lipinski definition) is 0. The quantitative estimate of drug-likeness (QED) is 0.836. The van der Waals surface area contributed by atoms with Crippen molar-refractivity contribution < 1.29 is 9.53 Å². The van der Waals surface area contributed by atoms with Gasteiger partial charge >= 0.3 is 0 Å². The van der Waals surface area contributed by atoms with Gasteiger partial charge in [-0.25, -0.2) is 4.98 Å². The Morgan fingerprint density at radius 3 is 2.84 bits per heavy atom. The fourth-order valence-corrected chi connectivity index (χ4v) is 3.61. The number of amides is 1. The summed E-state index contributed by atoms with van der Waals surface area (Å²) in [6.07, 6.45) is 8.71. The van der Waals surface area contributed by atoms with Gasteiger partial charge in [0.25, 0.3) is 11.5 Å². The Balaban J connectivity index is 1.62. The normalized spacial score (nSPS) is 20.6. The van der Waals surface area contributed by atoms with E-state index in [-0.39, 0.29) is 23.1 Å². The van der Waals surface area contributed by atoms with Gasteiger partial charge in [0.15, 0.2) is 0 Å². The third-order valence-corrected chi connectivity index (χ3v) is 5.28. The first-order valence-electron chi connectivity index (χ1n) is 9.09. The number of carbonyl (C=O) groups excluding carboxylic acids is 1. The van der Waals surface area contributed by atoms with Crippen LogP contribution < -0.4 is 5.56 Å². The van der Waals surface area contributed by atoms with Gasteiger partial charge in [0, 0.05) is 32.1 Å². The van der Waals surface area contributed by atoms with Gasteiger partial charge in [0.05, 0.1) is 6.10 Å². The van der Waals surface area contributed by atoms with Gasteiger partial charge in [-0.3, -0.25) is 14.0 Å². The van der Waals surface area contributed by atoms with Crippen LogP contribution in [0, 0.1) is 5.92 Å². The van der Waals surface area contributed by atoms with Crippen LogP contribution in [-0.4, -0.2) is 46.0 Å². The number of hydrogen-bond acceptors (Lipinski definition) is 4. The van der Waals surface area contributed by atoms with Crippen LogP contribution in [0.2, 0.25) is 0 Å². The Hall–Kier alpha value is -2.21. The lowest BCUT2D eigenvalue weighted by Crippen LogP contribution is -2.43. The molecule has 1 aliphatic carbocycles. The molecule has 2 aliphatic rings. The van der Waals surface area contributed by atoms with Gasteiger partial charge in [-0.05, 0) is 43.7 Å². The maximum Gasteiger partial charge on any atom is 0.270 e. The zero-order chi connectivity index (χ0) is 17.2. The molecule has 2 aromatic heterocycles. The molecular formula is C19H23N3O3. The van der Waals surface area contributed by atoms with E-state index in [2.05, 4.69) is 4.98 Å². The highest BCUT2D eigenvalue weighted by Crippen LogP contribution is 2.28. The summed E-state index contributed by atoms with van der Waals surface area (Å²) in [5, 5.41) is 0. The highest BCUT2D eigenvalue weighted by atomic mass is 16.5. The molecule has 1 atom stereocenters. The zero-order valence-electron chi connectivity index (χ0n) is 14.3. The van der Waals surface area contributed by atoms with Gasteiger partial charge < -0.3 is 9.64 Å². The lowest BCUT2D eigenvalue weighted by Gasteiger charge is -2.33. The Labute approximate surface area is 146 Å². The van der Waals surface area contributed by atoms with Gasteiger partial charge in [-0.15, -0.1) is 0 Å². The monoisotopic (exact) mass is 341 g/mol. The molecule has 1 amide bonds. The molecule has 132 valence electrons. The van der Waals surface area contributed by atoms with Crippen LogP contribution >= 0.6 is 0 Å². The summed E-state index contributed by atoms with van der Waals surface area (Å²) >= 11 is 0. The van der Waals surface area contributed by atoms with E-state index in [1.165, 1.54) is 17.0 Å². The standard InChI is InChI=1S/C19H23N3O3/c23-18(16-11-20-17-8-1-2-9-22(17)19(16)24)21(12-14-5-3-6-14)13-15-7-4-10-25-15/h1-2,8-9,11,14-15H,3-7,10,12-13H2/t15-/m1/s1. The van der Waals surface area contributed by atoms with E-state index in [0.717, 1.165) is 32.3 Å². The molecule has 0 aromatic carbocycles. The topological polar surface area (TPSA) is 63.9 Å². The summed E-state index contributed by atoms with van der Waals surface area (Å²) < 4.78 is 7.14. The summed E-state index contributed by atoms with van der Waals surface area (Å²) in [4.78, 5) is 31.9. The van der Waals surface area contributed by atoms with Crippen LogP contribution in [0.25, 0.3) is 5.65 Å². The predicted octanol–water partition coefficient (Wildman–Crippen LogP) is 2.12. The van der Waals surface area contributed by atoms with E-state index in [1.807, 2.05) is 11.0 Å². The van der Waals surface area contributed by atoms with E-state index in [0.29, 0.717) is 24.7 Å². The number of aromatic nitrogens is 2. The first-order chi connectivity index (χ1) is 12.2. The van der Waals surface area contributed by atoms with Crippen LogP contribution in [0.1, 0.15) is 42.5 Å². The van der Waals surface area contributed by atoms with Crippen LogP contribution in [0.5, 0.6) is 0 Å². The van der Waals surface area contributed by atoms with E-state index in [1.54, 1.807) is 18.3 Å². The second-order valence-corrected chi connectivity index (χ2v) is 7.05. The van der Waals surface area contributed by atoms with Crippen LogP contribution in [0.15, 0.2) is 35.4 Å². The Morgan fingerprint density at radius 1 is 1.24 bits per heavy atom. The number of carbonyl (C=O) groups is 1. The summed E-state index contributed by atoms with van der Waals surface area (Å²) in [5.74, 6) is 0.319. The second kappa shape index (κ2) is 6.96. The molecule has 1 aliphatic heterocycles. The number of pyridine rings is 1. The van der Waals surface area contributed by atoms with E-state index >= 15 is 0 Å². The van der Waals surface area contributed by atoms with Crippen molar-refractivity contribution in [3.63, 3.8) is 0 Å². The second-order valence-electron chi connectivity index (χ2n) is 7.05. The first kappa shape index (κ1) is 16.3. The molecule has 0 unspecified atom stereocenters. The fraction of sp³-hybridized carbons (Fsp3) is 0.526. The molecular weight excluding hydrogens is 318 g/mol. The molecule has 0 N–H and O–H groups in total. The molecule has 0 radical (unpaired) electrons. The smallest absolute Gasteiger partial charge is 0.270 e. The summed E-state index contributed by atoms with van der Waals surface area (Å²) in [5.41, 5.74) is 0.385. The van der Waals surface area contributed by atoms with Crippen LogP contribution in [0.3, 0.4) is 0 Å². The SMILES string of the molecule is O=C(c1cnc2ccccn2c1=O)N(CC1CCC1)C[C@H]1CCCO1. The Bertz CT molecular complexity index is 822. The number of ether oxygens (including phenoxy) is 1. The molecule has 4 rings (SSSR count). The van der Waals surface area contributed by atoms with E-state index in [9.17, 15) is 9.59 Å². The molecule has 1 saturated heterocycles. The van der Waals surface area contributed by atoms with Crippen molar-refractivity contribution in [2.75, 3.05) is 19.7 Å².